The molecule has 0 fully saturated rings. The molecule has 0 spiro atoms. The van der Waals surface area contributed by atoms with Crippen molar-refractivity contribution in [1.82, 2.24) is 9.40 Å². The molecule has 172 valence electrons. The minimum absolute atomic E-state index is 0.168. The third-order valence-corrected chi connectivity index (χ3v) is 7.71. The Balaban J connectivity index is 1.65. The molecule has 0 N–H and O–H groups in total. The summed E-state index contributed by atoms with van der Waals surface area (Å²) >= 11 is 6.67. The van der Waals surface area contributed by atoms with Crippen molar-refractivity contribution < 1.29 is 13.2 Å². The Kier molecular flexibility index (Phi) is 5.98. The van der Waals surface area contributed by atoms with Gasteiger partial charge >= 0.3 is 0 Å². The van der Waals surface area contributed by atoms with Gasteiger partial charge in [-0.2, -0.15) is 17.9 Å². The zero-order valence-electron chi connectivity index (χ0n) is 18.4. The number of pyridine rings is 1. The van der Waals surface area contributed by atoms with Crippen LogP contribution in [0.4, 0.5) is 0 Å². The van der Waals surface area contributed by atoms with Crippen LogP contribution in [0.3, 0.4) is 0 Å². The molecule has 0 aliphatic carbocycles. The number of hydrogen-bond acceptors (Lipinski definition) is 5. The Morgan fingerprint density at radius 3 is 2.41 bits per heavy atom. The van der Waals surface area contributed by atoms with E-state index in [0.717, 1.165) is 10.9 Å². The van der Waals surface area contributed by atoms with Crippen LogP contribution in [0.15, 0.2) is 94.9 Å². The van der Waals surface area contributed by atoms with Crippen LogP contribution >= 0.6 is 11.6 Å². The average molecular weight is 492 g/mol. The number of para-hydroxylation sites is 1. The van der Waals surface area contributed by atoms with Crippen LogP contribution in [0.1, 0.15) is 30.5 Å². The zero-order chi connectivity index (χ0) is 23.7. The Morgan fingerprint density at radius 1 is 1.00 bits per heavy atom. The number of nitrogens with zero attached hydrogens (tertiary/aromatic N) is 3. The van der Waals surface area contributed by atoms with Gasteiger partial charge in [0.15, 0.2) is 0 Å². The molecule has 3 aromatic carbocycles. The van der Waals surface area contributed by atoms with E-state index in [2.05, 4.69) is 10.1 Å². The standard InChI is InChI=1S/C26H22ClN3O3S/c1-2-33-24-15-9-12-19-16-21(26(27)28-25(19)24)23-17-22(18-10-5-3-6-11-18)29-30(23)34(31,32)20-13-7-4-8-14-20/h3-16,23H,2,17H2,1H3/t23-/m0/s1. The third-order valence-electron chi connectivity index (χ3n) is 5.72. The second kappa shape index (κ2) is 9.08. The summed E-state index contributed by atoms with van der Waals surface area (Å²) in [5.74, 6) is 0.634. The fourth-order valence-corrected chi connectivity index (χ4v) is 5.83. The Bertz CT molecular complexity index is 1480. The molecular weight excluding hydrogens is 470 g/mol. The number of aromatic nitrogens is 1. The molecule has 1 aromatic heterocycles. The van der Waals surface area contributed by atoms with Crippen molar-refractivity contribution in [2.75, 3.05) is 6.61 Å². The predicted octanol–water partition coefficient (Wildman–Crippen LogP) is 5.83. The number of ether oxygens (including phenoxy) is 1. The van der Waals surface area contributed by atoms with Gasteiger partial charge in [-0.1, -0.05) is 72.3 Å². The second-order valence-corrected chi connectivity index (χ2v) is 10.0. The first-order chi connectivity index (χ1) is 16.5. The van der Waals surface area contributed by atoms with E-state index in [1.54, 1.807) is 30.3 Å². The molecule has 2 heterocycles. The SMILES string of the molecule is CCOc1cccc2cc([C@@H]3CC(c4ccccc4)=NN3S(=O)(=O)c3ccccc3)c(Cl)nc12. The molecule has 1 atom stereocenters. The molecule has 34 heavy (non-hydrogen) atoms. The van der Waals surface area contributed by atoms with Crippen LogP contribution in [0.2, 0.25) is 5.15 Å². The maximum atomic E-state index is 13.6. The number of halogens is 1. The Hall–Kier alpha value is -3.42. The monoisotopic (exact) mass is 491 g/mol. The summed E-state index contributed by atoms with van der Waals surface area (Å²) in [5, 5.41) is 5.62. The number of sulfonamides is 1. The normalized spacial score (nSPS) is 16.0. The molecule has 0 bridgehead atoms. The van der Waals surface area contributed by atoms with Gasteiger partial charge in [0, 0.05) is 17.4 Å². The molecular formula is C26H22ClN3O3S. The molecule has 0 radical (unpaired) electrons. The van der Waals surface area contributed by atoms with Crippen LogP contribution < -0.4 is 4.74 Å². The number of hydrazone groups is 1. The van der Waals surface area contributed by atoms with Gasteiger partial charge in [0.2, 0.25) is 0 Å². The minimum atomic E-state index is -3.93. The van der Waals surface area contributed by atoms with Gasteiger partial charge in [0.1, 0.15) is 16.4 Å². The Labute approximate surface area is 203 Å². The number of fused-ring (bicyclic) bond motifs is 1. The highest BCUT2D eigenvalue weighted by molar-refractivity contribution is 7.89. The van der Waals surface area contributed by atoms with E-state index < -0.39 is 16.1 Å². The Morgan fingerprint density at radius 2 is 1.71 bits per heavy atom. The summed E-state index contributed by atoms with van der Waals surface area (Å²) in [6.07, 6.45) is 0.369. The summed E-state index contributed by atoms with van der Waals surface area (Å²) in [4.78, 5) is 4.76. The quantitative estimate of drug-likeness (QED) is 0.318. The summed E-state index contributed by atoms with van der Waals surface area (Å²) in [6, 6.07) is 24.7. The third kappa shape index (κ3) is 4.02. The first-order valence-corrected chi connectivity index (χ1v) is 12.7. The first-order valence-electron chi connectivity index (χ1n) is 10.9. The van der Waals surface area contributed by atoms with Crippen LogP contribution in [-0.4, -0.2) is 30.1 Å². The van der Waals surface area contributed by atoms with E-state index in [1.165, 1.54) is 4.41 Å². The van der Waals surface area contributed by atoms with Gasteiger partial charge in [0.25, 0.3) is 10.0 Å². The maximum absolute atomic E-state index is 13.6. The first kappa shape index (κ1) is 22.4. The lowest BCUT2D eigenvalue weighted by atomic mass is 9.99. The molecule has 4 aromatic rings. The van der Waals surface area contributed by atoms with Gasteiger partial charge in [-0.15, -0.1) is 0 Å². The van der Waals surface area contributed by atoms with E-state index in [0.29, 0.717) is 35.6 Å². The number of rotatable bonds is 6. The lowest BCUT2D eigenvalue weighted by molar-refractivity contribution is 0.343. The summed E-state index contributed by atoms with van der Waals surface area (Å²) in [6.45, 7) is 2.41. The molecule has 0 amide bonds. The smallest absolute Gasteiger partial charge is 0.279 e. The maximum Gasteiger partial charge on any atom is 0.279 e. The highest BCUT2D eigenvalue weighted by Gasteiger charge is 2.39. The minimum Gasteiger partial charge on any atom is -0.492 e. The number of benzene rings is 3. The van der Waals surface area contributed by atoms with Crippen LogP contribution in [0.25, 0.3) is 10.9 Å². The molecule has 0 saturated carbocycles. The van der Waals surface area contributed by atoms with Crippen molar-refractivity contribution in [1.29, 1.82) is 0 Å². The molecule has 0 unspecified atom stereocenters. The van der Waals surface area contributed by atoms with E-state index >= 15 is 0 Å². The van der Waals surface area contributed by atoms with Crippen molar-refractivity contribution in [3.8, 4) is 5.75 Å². The zero-order valence-corrected chi connectivity index (χ0v) is 20.0. The molecule has 1 aliphatic heterocycles. The van der Waals surface area contributed by atoms with E-state index in [-0.39, 0.29) is 10.0 Å². The average Bonchev–Trinajstić information content (AvgIpc) is 3.32. The van der Waals surface area contributed by atoms with Crippen molar-refractivity contribution in [3.63, 3.8) is 0 Å². The largest absolute Gasteiger partial charge is 0.492 e. The molecule has 6 nitrogen and oxygen atoms in total. The molecule has 8 heteroatoms. The summed E-state index contributed by atoms with van der Waals surface area (Å²) < 4.78 is 34.2. The van der Waals surface area contributed by atoms with Gasteiger partial charge in [-0.05, 0) is 36.8 Å². The van der Waals surface area contributed by atoms with Crippen LogP contribution in [-0.2, 0) is 10.0 Å². The number of hydrogen-bond donors (Lipinski definition) is 0. The summed E-state index contributed by atoms with van der Waals surface area (Å²) in [7, 11) is -3.93. The van der Waals surface area contributed by atoms with Crippen LogP contribution in [0.5, 0.6) is 5.75 Å². The fourth-order valence-electron chi connectivity index (χ4n) is 4.12. The summed E-state index contributed by atoms with van der Waals surface area (Å²) in [5.41, 5.74) is 2.76. The van der Waals surface area contributed by atoms with Crippen molar-refractivity contribution in [2.24, 2.45) is 5.10 Å². The molecule has 0 saturated heterocycles. The van der Waals surface area contributed by atoms with Crippen molar-refractivity contribution in [3.05, 3.63) is 101 Å². The molecule has 5 rings (SSSR count). The molecule has 1 aliphatic rings. The highest BCUT2D eigenvalue weighted by atomic mass is 35.5. The highest BCUT2D eigenvalue weighted by Crippen LogP contribution is 2.41. The van der Waals surface area contributed by atoms with E-state index in [4.69, 9.17) is 16.3 Å². The predicted molar refractivity (Wildman–Crippen MR) is 134 cm³/mol. The lowest BCUT2D eigenvalue weighted by Gasteiger charge is -2.24. The van der Waals surface area contributed by atoms with Gasteiger partial charge in [0.05, 0.1) is 23.3 Å². The lowest BCUT2D eigenvalue weighted by Crippen LogP contribution is -2.27. The fraction of sp³-hybridized carbons (Fsp3) is 0.154. The van der Waals surface area contributed by atoms with Gasteiger partial charge < -0.3 is 4.74 Å². The van der Waals surface area contributed by atoms with E-state index in [9.17, 15) is 8.42 Å². The van der Waals surface area contributed by atoms with Crippen molar-refractivity contribution >= 4 is 38.2 Å². The van der Waals surface area contributed by atoms with Gasteiger partial charge in [-0.3, -0.25) is 0 Å². The topological polar surface area (TPSA) is 71.9 Å². The van der Waals surface area contributed by atoms with Gasteiger partial charge in [-0.25, -0.2) is 4.98 Å². The second-order valence-electron chi connectivity index (χ2n) is 7.85. The van der Waals surface area contributed by atoms with E-state index in [1.807, 2.05) is 61.5 Å². The van der Waals surface area contributed by atoms with Crippen molar-refractivity contribution in [2.45, 2.75) is 24.3 Å². The van der Waals surface area contributed by atoms with Crippen LogP contribution in [0, 0.1) is 0 Å².